The molecular formula is C21H18F6N7. The third kappa shape index (κ3) is 4.82. The first-order chi connectivity index (χ1) is 15.8. The van der Waals surface area contributed by atoms with Gasteiger partial charge < -0.3 is 9.47 Å². The lowest BCUT2D eigenvalue weighted by Gasteiger charge is -2.22. The van der Waals surface area contributed by atoms with E-state index in [1.54, 1.807) is 6.07 Å². The van der Waals surface area contributed by atoms with Gasteiger partial charge in [0.25, 0.3) is 5.95 Å². The van der Waals surface area contributed by atoms with Gasteiger partial charge in [0.05, 0.1) is 24.4 Å². The molecule has 0 bridgehead atoms. The van der Waals surface area contributed by atoms with E-state index in [1.807, 2.05) is 24.6 Å². The Hall–Kier alpha value is -3.64. The van der Waals surface area contributed by atoms with Crippen LogP contribution in [-0.4, -0.2) is 29.8 Å². The molecule has 34 heavy (non-hydrogen) atoms. The Kier molecular flexibility index (Phi) is 5.74. The highest BCUT2D eigenvalue weighted by Gasteiger charge is 2.37. The number of rotatable bonds is 5. The van der Waals surface area contributed by atoms with Crippen LogP contribution in [0.5, 0.6) is 0 Å². The summed E-state index contributed by atoms with van der Waals surface area (Å²) in [6.45, 7) is 1.60. The summed E-state index contributed by atoms with van der Waals surface area (Å²) in [7, 11) is 3.34. The summed E-state index contributed by atoms with van der Waals surface area (Å²) in [5.74, 6) is 0.0335. The summed E-state index contributed by atoms with van der Waals surface area (Å²) >= 11 is 0. The largest absolute Gasteiger partial charge is 0.416 e. The van der Waals surface area contributed by atoms with Crippen molar-refractivity contribution >= 4 is 17.0 Å². The summed E-state index contributed by atoms with van der Waals surface area (Å²) in [4.78, 5) is 6.86. The predicted octanol–water partition coefficient (Wildman–Crippen LogP) is 4.45. The number of alkyl halides is 6. The van der Waals surface area contributed by atoms with Crippen LogP contribution in [0, 0.1) is 13.1 Å². The summed E-state index contributed by atoms with van der Waals surface area (Å²) < 4.78 is 81.6. The monoisotopic (exact) mass is 482 g/mol. The number of nitrogens with zero attached hydrogens (tertiary/aromatic N) is 7. The number of benzene rings is 1. The lowest BCUT2D eigenvalue weighted by atomic mass is 10.0. The molecule has 0 aliphatic heterocycles. The van der Waals surface area contributed by atoms with Crippen LogP contribution in [0.1, 0.15) is 27.9 Å². The molecule has 0 atom stereocenters. The minimum Gasteiger partial charge on any atom is -0.333 e. The van der Waals surface area contributed by atoms with Crippen LogP contribution in [-0.2, 0) is 39.5 Å². The molecule has 0 fully saturated rings. The third-order valence-corrected chi connectivity index (χ3v) is 5.27. The van der Waals surface area contributed by atoms with E-state index in [9.17, 15) is 26.3 Å². The molecule has 13 heteroatoms. The van der Waals surface area contributed by atoms with Gasteiger partial charge in [-0.15, -0.1) is 5.10 Å². The molecule has 3 heterocycles. The molecular weight excluding hydrogens is 464 g/mol. The lowest BCUT2D eigenvalue weighted by molar-refractivity contribution is -0.143. The van der Waals surface area contributed by atoms with Crippen LogP contribution < -0.4 is 4.90 Å². The zero-order chi connectivity index (χ0) is 24.8. The summed E-state index contributed by atoms with van der Waals surface area (Å²) in [6, 6.07) is 5.17. The molecule has 0 aliphatic rings. The average molecular weight is 482 g/mol. The zero-order valence-electron chi connectivity index (χ0n) is 18.2. The standard InChI is InChI=1S/C21H18F6N7/c1-12-4-15-5-14(9-28-18(15)32(12)2)11-34(19-29-31-33(3)30-19)10-13-6-16(20(22,23)24)8-17(7-13)21(25,26)27/h4-8H,10-11H2,1-3H3. The number of aromatic nitrogens is 6. The van der Waals surface area contributed by atoms with E-state index in [2.05, 4.69) is 26.6 Å². The second kappa shape index (κ2) is 8.29. The zero-order valence-corrected chi connectivity index (χ0v) is 18.2. The molecule has 0 aliphatic carbocycles. The van der Waals surface area contributed by atoms with Crippen molar-refractivity contribution in [2.24, 2.45) is 14.1 Å². The Morgan fingerprint density at radius 1 is 0.912 bits per heavy atom. The maximum absolute atomic E-state index is 13.3. The van der Waals surface area contributed by atoms with Gasteiger partial charge in [0.15, 0.2) is 0 Å². The van der Waals surface area contributed by atoms with E-state index in [0.29, 0.717) is 23.3 Å². The van der Waals surface area contributed by atoms with Crippen LogP contribution in [0.3, 0.4) is 0 Å². The molecule has 0 spiro atoms. The molecule has 4 aromatic rings. The Labute approximate surface area is 189 Å². The maximum atomic E-state index is 13.3. The van der Waals surface area contributed by atoms with E-state index in [0.717, 1.165) is 15.9 Å². The van der Waals surface area contributed by atoms with Crippen molar-refractivity contribution in [2.75, 3.05) is 4.90 Å². The molecule has 0 saturated heterocycles. The Balaban J connectivity index is 1.73. The highest BCUT2D eigenvalue weighted by atomic mass is 19.4. The smallest absolute Gasteiger partial charge is 0.333 e. The van der Waals surface area contributed by atoms with Crippen molar-refractivity contribution in [2.45, 2.75) is 32.4 Å². The van der Waals surface area contributed by atoms with Gasteiger partial charge >= 0.3 is 12.4 Å². The van der Waals surface area contributed by atoms with Gasteiger partial charge in [0.1, 0.15) is 5.65 Å². The molecule has 7 nitrogen and oxygen atoms in total. The van der Waals surface area contributed by atoms with E-state index < -0.39 is 23.5 Å². The topological polar surface area (TPSA) is 64.7 Å². The summed E-state index contributed by atoms with van der Waals surface area (Å²) in [5.41, 5.74) is -0.785. The van der Waals surface area contributed by atoms with Gasteiger partial charge in [-0.1, -0.05) is 5.10 Å². The van der Waals surface area contributed by atoms with Gasteiger partial charge in [-0.2, -0.15) is 31.1 Å². The second-order valence-corrected chi connectivity index (χ2v) is 7.87. The first-order valence-electron chi connectivity index (χ1n) is 9.92. The quantitative estimate of drug-likeness (QED) is 0.394. The number of hydrogen-bond donors (Lipinski definition) is 0. The molecule has 3 aromatic heterocycles. The fraction of sp³-hybridized carbons (Fsp3) is 0.333. The van der Waals surface area contributed by atoms with Crippen LogP contribution in [0.2, 0.25) is 0 Å². The molecule has 0 amide bonds. The van der Waals surface area contributed by atoms with E-state index in [4.69, 9.17) is 0 Å². The number of anilines is 1. The van der Waals surface area contributed by atoms with E-state index >= 15 is 0 Å². The lowest BCUT2D eigenvalue weighted by Crippen LogP contribution is -2.24. The second-order valence-electron chi connectivity index (χ2n) is 7.87. The highest BCUT2D eigenvalue weighted by Crippen LogP contribution is 2.36. The molecule has 0 unspecified atom stereocenters. The fourth-order valence-corrected chi connectivity index (χ4v) is 3.55. The minimum absolute atomic E-state index is 0.0279. The van der Waals surface area contributed by atoms with E-state index in [-0.39, 0.29) is 30.7 Å². The minimum atomic E-state index is -4.94. The van der Waals surface area contributed by atoms with Crippen molar-refractivity contribution in [1.82, 2.24) is 29.8 Å². The predicted molar refractivity (Wildman–Crippen MR) is 109 cm³/mol. The fourth-order valence-electron chi connectivity index (χ4n) is 3.55. The number of pyridine rings is 1. The number of fused-ring (bicyclic) bond motifs is 1. The van der Waals surface area contributed by atoms with Gasteiger partial charge in [-0.05, 0) is 48.0 Å². The Bertz CT molecular complexity index is 1300. The number of hydrogen-bond acceptors (Lipinski definition) is 5. The number of aryl methyl sites for hydroxylation is 3. The highest BCUT2D eigenvalue weighted by molar-refractivity contribution is 5.77. The number of halogens is 6. The van der Waals surface area contributed by atoms with Crippen LogP contribution in [0.4, 0.5) is 32.3 Å². The molecule has 1 aromatic carbocycles. The van der Waals surface area contributed by atoms with Crippen LogP contribution in [0.15, 0.2) is 30.3 Å². The van der Waals surface area contributed by atoms with Gasteiger partial charge in [-0.25, -0.2) is 4.98 Å². The number of tetrazole rings is 1. The molecule has 1 radical (unpaired) electrons. The first kappa shape index (κ1) is 23.5. The van der Waals surface area contributed by atoms with Crippen molar-refractivity contribution < 1.29 is 26.3 Å². The Morgan fingerprint density at radius 3 is 2.12 bits per heavy atom. The van der Waals surface area contributed by atoms with Crippen molar-refractivity contribution in [3.8, 4) is 0 Å². The first-order valence-corrected chi connectivity index (χ1v) is 9.92. The molecule has 0 N–H and O–H groups in total. The van der Waals surface area contributed by atoms with Crippen molar-refractivity contribution in [1.29, 1.82) is 0 Å². The maximum Gasteiger partial charge on any atom is 0.416 e. The van der Waals surface area contributed by atoms with Crippen LogP contribution in [0.25, 0.3) is 11.0 Å². The normalized spacial score (nSPS) is 12.5. The molecule has 179 valence electrons. The molecule has 0 saturated carbocycles. The van der Waals surface area contributed by atoms with Crippen molar-refractivity contribution in [3.05, 3.63) is 64.5 Å². The van der Waals surface area contributed by atoms with Crippen molar-refractivity contribution in [3.63, 3.8) is 0 Å². The van der Waals surface area contributed by atoms with Gasteiger partial charge in [-0.3, -0.25) is 0 Å². The van der Waals surface area contributed by atoms with E-state index in [1.165, 1.54) is 11.9 Å². The molecule has 4 rings (SSSR count). The summed E-state index contributed by atoms with van der Waals surface area (Å²) in [6.07, 6.45) is -7.02. The van der Waals surface area contributed by atoms with Gasteiger partial charge in [0, 0.05) is 36.8 Å². The summed E-state index contributed by atoms with van der Waals surface area (Å²) in [5, 5.41) is 12.5. The third-order valence-electron chi connectivity index (χ3n) is 5.27. The SMILES string of the molecule is Cc1cc2cc(CN(Cc3cc(C(F)(F)F)cc(C(F)(F)F)c3)c3nnn(C)n3)[c]nc2n1C. The van der Waals surface area contributed by atoms with Crippen LogP contribution >= 0.6 is 0 Å². The Morgan fingerprint density at radius 2 is 1.56 bits per heavy atom. The average Bonchev–Trinajstić information content (AvgIpc) is 3.29. The van der Waals surface area contributed by atoms with Gasteiger partial charge in [0.2, 0.25) is 0 Å².